The number of anilines is 2. The van der Waals surface area contributed by atoms with Gasteiger partial charge in [-0.3, -0.25) is 4.79 Å². The lowest BCUT2D eigenvalue weighted by Gasteiger charge is -1.90. The predicted octanol–water partition coefficient (Wildman–Crippen LogP) is -1.07. The number of H-pyrrole nitrogens is 1. The van der Waals surface area contributed by atoms with Crippen LogP contribution in [0, 0.1) is 0 Å². The van der Waals surface area contributed by atoms with Crippen molar-refractivity contribution < 1.29 is 0 Å². The molecular weight excluding hydrogens is 120 g/mol. The van der Waals surface area contributed by atoms with Gasteiger partial charge in [-0.05, 0) is 0 Å². The number of aromatic nitrogens is 2. The van der Waals surface area contributed by atoms with Crippen LogP contribution >= 0.6 is 0 Å². The van der Waals surface area contributed by atoms with Crippen LogP contribution in [0.2, 0.25) is 0 Å². The van der Waals surface area contributed by atoms with Gasteiger partial charge >= 0.3 is 0 Å². The van der Waals surface area contributed by atoms with Crippen molar-refractivity contribution in [2.75, 3.05) is 11.5 Å². The van der Waals surface area contributed by atoms with Crippen LogP contribution in [-0.2, 0) is 0 Å². The third kappa shape index (κ3) is 0.987. The topological polar surface area (TPSA) is 97.8 Å². The zero-order chi connectivity index (χ0) is 6.85. The molecule has 0 unspecified atom stereocenters. The molecule has 0 radical (unpaired) electrons. The second-order valence-corrected chi connectivity index (χ2v) is 1.58. The van der Waals surface area contributed by atoms with E-state index in [9.17, 15) is 4.79 Å². The monoisotopic (exact) mass is 126 g/mol. The van der Waals surface area contributed by atoms with Crippen LogP contribution in [0.15, 0.2) is 10.9 Å². The van der Waals surface area contributed by atoms with Gasteiger partial charge in [-0.2, -0.15) is 5.10 Å². The number of aromatic amines is 1. The number of nitrogens with two attached hydrogens (primary N) is 2. The third-order valence-electron chi connectivity index (χ3n) is 0.852. The Bertz CT molecular complexity index is 266. The summed E-state index contributed by atoms with van der Waals surface area (Å²) >= 11 is 0. The molecule has 5 heteroatoms. The molecule has 0 fully saturated rings. The highest BCUT2D eigenvalue weighted by Crippen LogP contribution is 1.93. The molecule has 0 bridgehead atoms. The van der Waals surface area contributed by atoms with Crippen LogP contribution in [0.5, 0.6) is 0 Å². The summed E-state index contributed by atoms with van der Waals surface area (Å²) in [5, 5.41) is 5.51. The molecule has 1 rings (SSSR count). The molecule has 0 aliphatic rings. The van der Waals surface area contributed by atoms with Gasteiger partial charge in [0.2, 0.25) is 0 Å². The Labute approximate surface area is 50.7 Å². The minimum atomic E-state index is -0.413. The fourth-order valence-corrected chi connectivity index (χ4v) is 0.437. The lowest BCUT2D eigenvalue weighted by molar-refractivity contribution is 1.00. The summed E-state index contributed by atoms with van der Waals surface area (Å²) in [5.41, 5.74) is 10.00. The third-order valence-corrected chi connectivity index (χ3v) is 0.852. The summed E-state index contributed by atoms with van der Waals surface area (Å²) in [6.07, 6.45) is 0. The Hall–Kier alpha value is -1.52. The average Bonchev–Trinajstić information content (AvgIpc) is 1.80. The van der Waals surface area contributed by atoms with Crippen LogP contribution < -0.4 is 17.0 Å². The van der Waals surface area contributed by atoms with Crippen molar-refractivity contribution in [3.8, 4) is 0 Å². The van der Waals surface area contributed by atoms with Gasteiger partial charge in [0.05, 0.1) is 0 Å². The van der Waals surface area contributed by atoms with Gasteiger partial charge in [0.1, 0.15) is 11.5 Å². The Kier molecular flexibility index (Phi) is 1.11. The second kappa shape index (κ2) is 1.77. The van der Waals surface area contributed by atoms with E-state index in [1.807, 2.05) is 0 Å². The standard InChI is InChI=1S/C4H6N4O/c5-2-1-3(6)7-8-4(2)9/h1H,(H,8,9)(H4,5,6,7). The highest BCUT2D eigenvalue weighted by molar-refractivity contribution is 5.42. The number of rotatable bonds is 0. The van der Waals surface area contributed by atoms with E-state index in [1.54, 1.807) is 0 Å². The number of hydrogen-bond acceptors (Lipinski definition) is 4. The van der Waals surface area contributed by atoms with E-state index in [0.29, 0.717) is 0 Å². The van der Waals surface area contributed by atoms with Crippen LogP contribution in [0.25, 0.3) is 0 Å². The van der Waals surface area contributed by atoms with Gasteiger partial charge in [-0.25, -0.2) is 5.10 Å². The first-order valence-corrected chi connectivity index (χ1v) is 2.31. The van der Waals surface area contributed by atoms with Crippen molar-refractivity contribution >= 4 is 11.5 Å². The average molecular weight is 126 g/mol. The van der Waals surface area contributed by atoms with E-state index in [4.69, 9.17) is 11.5 Å². The molecule has 0 saturated carbocycles. The van der Waals surface area contributed by atoms with Crippen LogP contribution in [0.4, 0.5) is 11.5 Å². The molecule has 9 heavy (non-hydrogen) atoms. The maximum absolute atomic E-state index is 10.5. The predicted molar refractivity (Wildman–Crippen MR) is 33.7 cm³/mol. The van der Waals surface area contributed by atoms with E-state index in [0.717, 1.165) is 0 Å². The largest absolute Gasteiger partial charge is 0.394 e. The van der Waals surface area contributed by atoms with Gasteiger partial charge in [0.15, 0.2) is 0 Å². The first-order chi connectivity index (χ1) is 4.20. The summed E-state index contributed by atoms with van der Waals surface area (Å²) in [7, 11) is 0. The lowest BCUT2D eigenvalue weighted by atomic mass is 10.5. The molecule has 1 aromatic heterocycles. The Balaban J connectivity index is 3.34. The summed E-state index contributed by atoms with van der Waals surface area (Å²) in [4.78, 5) is 10.5. The van der Waals surface area contributed by atoms with Crippen molar-refractivity contribution in [3.05, 3.63) is 16.4 Å². The fraction of sp³-hybridized carbons (Fsp3) is 0. The Morgan fingerprint density at radius 3 is 2.67 bits per heavy atom. The highest BCUT2D eigenvalue weighted by Gasteiger charge is 1.92. The van der Waals surface area contributed by atoms with Gasteiger partial charge in [0.25, 0.3) is 5.56 Å². The number of nitrogens with one attached hydrogen (secondary N) is 1. The fourth-order valence-electron chi connectivity index (χ4n) is 0.437. The van der Waals surface area contributed by atoms with Gasteiger partial charge in [-0.15, -0.1) is 0 Å². The van der Waals surface area contributed by atoms with Crippen molar-refractivity contribution in [1.82, 2.24) is 10.2 Å². The highest BCUT2D eigenvalue weighted by atomic mass is 16.1. The molecule has 48 valence electrons. The first-order valence-electron chi connectivity index (χ1n) is 2.31. The Morgan fingerprint density at radius 1 is 1.56 bits per heavy atom. The van der Waals surface area contributed by atoms with Crippen LogP contribution in [-0.4, -0.2) is 10.2 Å². The van der Waals surface area contributed by atoms with E-state index < -0.39 is 5.56 Å². The second-order valence-electron chi connectivity index (χ2n) is 1.58. The van der Waals surface area contributed by atoms with Gasteiger partial charge in [0, 0.05) is 6.07 Å². The number of nitrogens with zero attached hydrogens (tertiary/aromatic N) is 1. The van der Waals surface area contributed by atoms with E-state index >= 15 is 0 Å². The van der Waals surface area contributed by atoms with E-state index in [-0.39, 0.29) is 11.5 Å². The van der Waals surface area contributed by atoms with Crippen molar-refractivity contribution in [3.63, 3.8) is 0 Å². The molecule has 0 spiro atoms. The smallest absolute Gasteiger partial charge is 0.287 e. The van der Waals surface area contributed by atoms with Crippen molar-refractivity contribution in [2.24, 2.45) is 0 Å². The molecule has 5 nitrogen and oxygen atoms in total. The quantitative estimate of drug-likeness (QED) is 0.412. The van der Waals surface area contributed by atoms with Crippen molar-refractivity contribution in [2.45, 2.75) is 0 Å². The van der Waals surface area contributed by atoms with E-state index in [2.05, 4.69) is 10.2 Å². The molecule has 0 aliphatic heterocycles. The molecule has 0 aliphatic carbocycles. The zero-order valence-electron chi connectivity index (χ0n) is 4.59. The molecule has 0 aromatic carbocycles. The molecule has 0 atom stereocenters. The van der Waals surface area contributed by atoms with Gasteiger partial charge < -0.3 is 11.5 Å². The molecule has 1 aromatic rings. The SMILES string of the molecule is Nc1cc(N)c(=O)[nH]n1. The molecule has 1 heterocycles. The summed E-state index contributed by atoms with van der Waals surface area (Å²) in [6.45, 7) is 0. The van der Waals surface area contributed by atoms with Gasteiger partial charge in [-0.1, -0.05) is 0 Å². The lowest BCUT2D eigenvalue weighted by Crippen LogP contribution is -2.13. The van der Waals surface area contributed by atoms with E-state index in [1.165, 1.54) is 6.07 Å². The molecular formula is C4H6N4O. The maximum atomic E-state index is 10.5. The van der Waals surface area contributed by atoms with Crippen molar-refractivity contribution in [1.29, 1.82) is 0 Å². The first kappa shape index (κ1) is 5.61. The maximum Gasteiger partial charge on any atom is 0.287 e. The summed E-state index contributed by atoms with van der Waals surface area (Å²) < 4.78 is 0. The molecule has 0 amide bonds. The zero-order valence-corrected chi connectivity index (χ0v) is 4.59. The molecule has 0 saturated heterocycles. The summed E-state index contributed by atoms with van der Waals surface area (Å²) in [6, 6.07) is 1.30. The number of hydrogen-bond donors (Lipinski definition) is 3. The Morgan fingerprint density at radius 2 is 2.22 bits per heavy atom. The summed E-state index contributed by atoms with van der Waals surface area (Å²) in [5.74, 6) is 0.215. The minimum Gasteiger partial charge on any atom is -0.394 e. The molecule has 5 N–H and O–H groups in total. The minimum absolute atomic E-state index is 0.0856. The van der Waals surface area contributed by atoms with Crippen LogP contribution in [0.1, 0.15) is 0 Å². The normalized spacial score (nSPS) is 9.33. The van der Waals surface area contributed by atoms with Crippen LogP contribution in [0.3, 0.4) is 0 Å². The number of nitrogen functional groups attached to an aromatic ring is 2.